The minimum absolute atomic E-state index is 0.0877. The summed E-state index contributed by atoms with van der Waals surface area (Å²) >= 11 is 0. The first-order valence-electron chi connectivity index (χ1n) is 6.93. The van der Waals surface area contributed by atoms with Gasteiger partial charge in [-0.25, -0.2) is 0 Å². The Morgan fingerprint density at radius 2 is 1.95 bits per heavy atom. The smallest absolute Gasteiger partial charge is 0.306 e. The molecule has 1 rings (SSSR count). The molecule has 1 atom stereocenters. The number of ether oxygens (including phenoxy) is 1. The third-order valence-electron chi connectivity index (χ3n) is 2.92. The van der Waals surface area contributed by atoms with E-state index in [2.05, 4.69) is 24.4 Å². The lowest BCUT2D eigenvalue weighted by Gasteiger charge is -2.15. The van der Waals surface area contributed by atoms with Crippen molar-refractivity contribution in [1.82, 2.24) is 5.32 Å². The second-order valence-corrected chi connectivity index (χ2v) is 5.46. The van der Waals surface area contributed by atoms with Crippen LogP contribution in [0, 0.1) is 12.8 Å². The Morgan fingerprint density at radius 1 is 1.26 bits per heavy atom. The van der Waals surface area contributed by atoms with Gasteiger partial charge in [0.25, 0.3) is 0 Å². The van der Waals surface area contributed by atoms with Crippen molar-refractivity contribution in [2.24, 2.45) is 5.92 Å². The van der Waals surface area contributed by atoms with E-state index in [1.54, 1.807) is 0 Å². The third kappa shape index (κ3) is 6.39. The largest absolute Gasteiger partial charge is 0.461 e. The van der Waals surface area contributed by atoms with Gasteiger partial charge in [-0.15, -0.1) is 0 Å². The van der Waals surface area contributed by atoms with E-state index in [0.717, 1.165) is 6.54 Å². The van der Waals surface area contributed by atoms with Crippen molar-refractivity contribution in [2.45, 2.75) is 46.8 Å². The summed E-state index contributed by atoms with van der Waals surface area (Å²) in [6, 6.07) is 8.28. The fourth-order valence-corrected chi connectivity index (χ4v) is 1.87. The minimum Gasteiger partial charge on any atom is -0.461 e. The highest BCUT2D eigenvalue weighted by molar-refractivity contribution is 5.69. The average molecular weight is 263 g/mol. The second-order valence-electron chi connectivity index (χ2n) is 5.46. The van der Waals surface area contributed by atoms with E-state index in [0.29, 0.717) is 18.9 Å². The van der Waals surface area contributed by atoms with Crippen LogP contribution in [0.2, 0.25) is 0 Å². The maximum atomic E-state index is 11.5. The van der Waals surface area contributed by atoms with Crippen LogP contribution in [-0.4, -0.2) is 18.6 Å². The highest BCUT2D eigenvalue weighted by Gasteiger charge is 2.10. The molecule has 0 radical (unpaired) electrons. The summed E-state index contributed by atoms with van der Waals surface area (Å²) in [5.74, 6) is 0.236. The van der Waals surface area contributed by atoms with Crippen molar-refractivity contribution in [2.75, 3.05) is 6.54 Å². The maximum absolute atomic E-state index is 11.5. The monoisotopic (exact) mass is 263 g/mol. The maximum Gasteiger partial charge on any atom is 0.306 e. The summed E-state index contributed by atoms with van der Waals surface area (Å²) in [5, 5.41) is 3.32. The molecule has 0 amide bonds. The second kappa shape index (κ2) is 7.95. The molecule has 1 aromatic rings. The van der Waals surface area contributed by atoms with Crippen LogP contribution in [0.25, 0.3) is 0 Å². The molecule has 1 aromatic carbocycles. The van der Waals surface area contributed by atoms with Crippen molar-refractivity contribution in [3.05, 3.63) is 35.4 Å². The summed E-state index contributed by atoms with van der Waals surface area (Å²) < 4.78 is 5.33. The number of aryl methyl sites for hydroxylation is 1. The van der Waals surface area contributed by atoms with Gasteiger partial charge in [-0.2, -0.15) is 0 Å². The molecule has 1 N–H and O–H groups in total. The van der Waals surface area contributed by atoms with Crippen molar-refractivity contribution < 1.29 is 9.53 Å². The van der Waals surface area contributed by atoms with Crippen LogP contribution in [0.4, 0.5) is 0 Å². The van der Waals surface area contributed by atoms with Crippen LogP contribution >= 0.6 is 0 Å². The Kier molecular flexibility index (Phi) is 6.57. The van der Waals surface area contributed by atoms with E-state index in [1.807, 2.05) is 32.9 Å². The Balaban J connectivity index is 2.26. The molecular formula is C16H25NO2. The Labute approximate surface area is 116 Å². The summed E-state index contributed by atoms with van der Waals surface area (Å²) in [6.45, 7) is 9.54. The predicted octanol–water partition coefficient (Wildman–Crippen LogP) is 3.06. The van der Waals surface area contributed by atoms with Crippen LogP contribution in [0.3, 0.4) is 0 Å². The zero-order chi connectivity index (χ0) is 14.3. The molecule has 3 heteroatoms. The normalized spacial score (nSPS) is 12.5. The average Bonchev–Trinajstić information content (AvgIpc) is 2.30. The number of hydrogen-bond acceptors (Lipinski definition) is 3. The van der Waals surface area contributed by atoms with Gasteiger partial charge in [0, 0.05) is 19.5 Å². The van der Waals surface area contributed by atoms with Crippen LogP contribution in [0.15, 0.2) is 24.3 Å². The molecule has 0 fully saturated rings. The number of benzene rings is 1. The van der Waals surface area contributed by atoms with Crippen LogP contribution < -0.4 is 5.32 Å². The van der Waals surface area contributed by atoms with Crippen LogP contribution in [-0.2, 0) is 16.1 Å². The van der Waals surface area contributed by atoms with Gasteiger partial charge in [-0.05, 0) is 30.9 Å². The summed E-state index contributed by atoms with van der Waals surface area (Å²) in [6.07, 6.45) is 0.401. The first-order valence-corrected chi connectivity index (χ1v) is 6.93. The Morgan fingerprint density at radius 3 is 2.58 bits per heavy atom. The van der Waals surface area contributed by atoms with Gasteiger partial charge < -0.3 is 10.1 Å². The van der Waals surface area contributed by atoms with E-state index >= 15 is 0 Å². The summed E-state index contributed by atoms with van der Waals surface area (Å²) in [7, 11) is 0. The Bertz CT molecular complexity index is 401. The van der Waals surface area contributed by atoms with E-state index in [-0.39, 0.29) is 12.1 Å². The number of rotatable bonds is 7. The molecule has 3 nitrogen and oxygen atoms in total. The number of carbonyl (C=O) groups is 1. The lowest BCUT2D eigenvalue weighted by molar-refractivity contribution is -0.148. The standard InChI is InChI=1S/C16H25NO2/c1-12(2)9-16(18)19-14(4)10-17-11-15-8-6-5-7-13(15)3/h5-8,12,14,17H,9-11H2,1-4H3. The third-order valence-corrected chi connectivity index (χ3v) is 2.92. The molecule has 19 heavy (non-hydrogen) atoms. The summed E-state index contributed by atoms with van der Waals surface area (Å²) in [5.41, 5.74) is 2.56. The molecule has 0 saturated heterocycles. The summed E-state index contributed by atoms with van der Waals surface area (Å²) in [4.78, 5) is 11.5. The van der Waals surface area contributed by atoms with Gasteiger partial charge in [-0.1, -0.05) is 38.1 Å². The lowest BCUT2D eigenvalue weighted by Crippen LogP contribution is -2.29. The fraction of sp³-hybridized carbons (Fsp3) is 0.562. The topological polar surface area (TPSA) is 38.3 Å². The molecule has 0 spiro atoms. The lowest BCUT2D eigenvalue weighted by atomic mass is 10.1. The van der Waals surface area contributed by atoms with Gasteiger partial charge in [0.15, 0.2) is 0 Å². The number of hydrogen-bond donors (Lipinski definition) is 1. The van der Waals surface area contributed by atoms with E-state index < -0.39 is 0 Å². The molecular weight excluding hydrogens is 238 g/mol. The quantitative estimate of drug-likeness (QED) is 0.768. The van der Waals surface area contributed by atoms with Crippen LogP contribution in [0.1, 0.15) is 38.3 Å². The molecule has 0 saturated carbocycles. The highest BCUT2D eigenvalue weighted by atomic mass is 16.5. The molecule has 1 unspecified atom stereocenters. The number of carbonyl (C=O) groups excluding carboxylic acids is 1. The van der Waals surface area contributed by atoms with Gasteiger partial charge >= 0.3 is 5.97 Å². The molecule has 0 heterocycles. The minimum atomic E-state index is -0.111. The molecule has 0 aliphatic rings. The number of nitrogens with one attached hydrogen (secondary N) is 1. The number of esters is 1. The molecule has 0 bridgehead atoms. The Hall–Kier alpha value is -1.35. The fourth-order valence-electron chi connectivity index (χ4n) is 1.87. The predicted molar refractivity (Wildman–Crippen MR) is 77.9 cm³/mol. The van der Waals surface area contributed by atoms with Crippen molar-refractivity contribution in [3.8, 4) is 0 Å². The van der Waals surface area contributed by atoms with Gasteiger partial charge in [-0.3, -0.25) is 4.79 Å². The first-order chi connectivity index (χ1) is 8.99. The van der Waals surface area contributed by atoms with Gasteiger partial charge in [0.1, 0.15) is 6.10 Å². The van der Waals surface area contributed by atoms with E-state index in [4.69, 9.17) is 4.74 Å². The van der Waals surface area contributed by atoms with Crippen molar-refractivity contribution >= 4 is 5.97 Å². The zero-order valence-electron chi connectivity index (χ0n) is 12.4. The SMILES string of the molecule is Cc1ccccc1CNCC(C)OC(=O)CC(C)C. The van der Waals surface area contributed by atoms with E-state index in [9.17, 15) is 4.79 Å². The highest BCUT2D eigenvalue weighted by Crippen LogP contribution is 2.06. The van der Waals surface area contributed by atoms with Crippen LogP contribution in [0.5, 0.6) is 0 Å². The van der Waals surface area contributed by atoms with Gasteiger partial charge in [0.2, 0.25) is 0 Å². The van der Waals surface area contributed by atoms with Crippen molar-refractivity contribution in [3.63, 3.8) is 0 Å². The molecule has 106 valence electrons. The zero-order valence-corrected chi connectivity index (χ0v) is 12.4. The molecule has 0 aromatic heterocycles. The van der Waals surface area contributed by atoms with E-state index in [1.165, 1.54) is 11.1 Å². The molecule has 0 aliphatic carbocycles. The van der Waals surface area contributed by atoms with Gasteiger partial charge in [0.05, 0.1) is 0 Å². The van der Waals surface area contributed by atoms with Crippen molar-refractivity contribution in [1.29, 1.82) is 0 Å². The first kappa shape index (κ1) is 15.7. The molecule has 0 aliphatic heterocycles.